The molecule has 0 unspecified atom stereocenters. The van der Waals surface area contributed by atoms with Crippen LogP contribution in [0.15, 0.2) is 22.7 Å². The number of nitrogens with one attached hydrogen (secondary N) is 1. The normalized spacial score (nSPS) is 12.0. The van der Waals surface area contributed by atoms with Crippen molar-refractivity contribution in [2.24, 2.45) is 5.92 Å². The van der Waals surface area contributed by atoms with E-state index >= 15 is 0 Å². The smallest absolute Gasteiger partial charge is 0.219 e. The molecule has 0 aliphatic carbocycles. The van der Waals surface area contributed by atoms with Gasteiger partial charge in [0.25, 0.3) is 0 Å². The SMILES string of the molecule is CCC(=O)NC[C@H](CO)Cc1cc(Br)ccc1OC. The number of rotatable bonds is 7. The molecule has 2 N–H and O–H groups in total. The van der Waals surface area contributed by atoms with Crippen molar-refractivity contribution in [2.45, 2.75) is 19.8 Å². The van der Waals surface area contributed by atoms with E-state index in [1.165, 1.54) is 0 Å². The van der Waals surface area contributed by atoms with Gasteiger partial charge in [0.15, 0.2) is 0 Å². The molecule has 1 amide bonds. The highest BCUT2D eigenvalue weighted by Crippen LogP contribution is 2.25. The van der Waals surface area contributed by atoms with Crippen molar-refractivity contribution in [1.82, 2.24) is 5.32 Å². The van der Waals surface area contributed by atoms with Gasteiger partial charge in [-0.05, 0) is 30.2 Å². The topological polar surface area (TPSA) is 58.6 Å². The van der Waals surface area contributed by atoms with Crippen molar-refractivity contribution in [3.8, 4) is 5.75 Å². The van der Waals surface area contributed by atoms with Crippen molar-refractivity contribution < 1.29 is 14.6 Å². The van der Waals surface area contributed by atoms with Crippen LogP contribution in [-0.4, -0.2) is 31.3 Å². The average Bonchev–Trinajstić information content (AvgIpc) is 2.43. The molecule has 0 bridgehead atoms. The first-order valence-corrected chi connectivity index (χ1v) is 7.10. The lowest BCUT2D eigenvalue weighted by Crippen LogP contribution is -2.31. The number of hydrogen-bond acceptors (Lipinski definition) is 3. The largest absolute Gasteiger partial charge is 0.496 e. The standard InChI is InChI=1S/C14H20BrNO3/c1-3-14(18)16-8-10(9-17)6-11-7-12(15)4-5-13(11)19-2/h4-5,7,10,17H,3,6,8-9H2,1-2H3,(H,16,18)/t10-/m1/s1. The van der Waals surface area contributed by atoms with E-state index in [0.29, 0.717) is 19.4 Å². The summed E-state index contributed by atoms with van der Waals surface area (Å²) in [5, 5.41) is 12.2. The van der Waals surface area contributed by atoms with Crippen molar-refractivity contribution in [3.63, 3.8) is 0 Å². The van der Waals surface area contributed by atoms with Crippen LogP contribution in [0.1, 0.15) is 18.9 Å². The van der Waals surface area contributed by atoms with Crippen LogP contribution in [0.3, 0.4) is 0 Å². The predicted octanol–water partition coefficient (Wildman–Crippen LogP) is 2.13. The van der Waals surface area contributed by atoms with E-state index in [1.54, 1.807) is 14.0 Å². The lowest BCUT2D eigenvalue weighted by Gasteiger charge is -2.17. The maximum atomic E-state index is 11.2. The number of ether oxygens (including phenoxy) is 1. The van der Waals surface area contributed by atoms with Crippen LogP contribution >= 0.6 is 15.9 Å². The molecule has 1 rings (SSSR count). The first-order valence-electron chi connectivity index (χ1n) is 6.30. The van der Waals surface area contributed by atoms with Gasteiger partial charge in [-0.1, -0.05) is 22.9 Å². The molecule has 0 saturated carbocycles. The number of aliphatic hydroxyl groups excluding tert-OH is 1. The number of carbonyl (C=O) groups excluding carboxylic acids is 1. The second-order valence-corrected chi connectivity index (χ2v) is 5.28. The Balaban J connectivity index is 2.69. The molecule has 1 aromatic rings. The third-order valence-electron chi connectivity index (χ3n) is 2.92. The third-order valence-corrected chi connectivity index (χ3v) is 3.41. The lowest BCUT2D eigenvalue weighted by molar-refractivity contribution is -0.121. The Kier molecular flexibility index (Phi) is 6.87. The number of amides is 1. The third kappa shape index (κ3) is 5.20. The van der Waals surface area contributed by atoms with Crippen LogP contribution in [-0.2, 0) is 11.2 Å². The summed E-state index contributed by atoms with van der Waals surface area (Å²) in [6.07, 6.45) is 1.11. The second kappa shape index (κ2) is 8.17. The number of carbonyl (C=O) groups is 1. The Morgan fingerprint density at radius 1 is 1.53 bits per heavy atom. The van der Waals surface area contributed by atoms with Gasteiger partial charge < -0.3 is 15.2 Å². The van der Waals surface area contributed by atoms with E-state index < -0.39 is 0 Å². The van der Waals surface area contributed by atoms with Crippen LogP contribution < -0.4 is 10.1 Å². The van der Waals surface area contributed by atoms with E-state index in [1.807, 2.05) is 18.2 Å². The van der Waals surface area contributed by atoms with E-state index in [2.05, 4.69) is 21.2 Å². The summed E-state index contributed by atoms with van der Waals surface area (Å²) < 4.78 is 6.27. The van der Waals surface area contributed by atoms with Crippen LogP contribution in [0.2, 0.25) is 0 Å². The van der Waals surface area contributed by atoms with Gasteiger partial charge in [-0.2, -0.15) is 0 Å². The van der Waals surface area contributed by atoms with Gasteiger partial charge in [0, 0.05) is 30.0 Å². The van der Waals surface area contributed by atoms with Gasteiger partial charge in [0.1, 0.15) is 5.75 Å². The molecule has 106 valence electrons. The molecule has 0 spiro atoms. The summed E-state index contributed by atoms with van der Waals surface area (Å²) in [4.78, 5) is 11.2. The van der Waals surface area contributed by atoms with Crippen molar-refractivity contribution in [3.05, 3.63) is 28.2 Å². The Bertz CT molecular complexity index is 423. The summed E-state index contributed by atoms with van der Waals surface area (Å²) in [6, 6.07) is 5.77. The molecular weight excluding hydrogens is 310 g/mol. The molecule has 0 radical (unpaired) electrons. The Morgan fingerprint density at radius 3 is 2.84 bits per heavy atom. The van der Waals surface area contributed by atoms with Gasteiger partial charge in [0.05, 0.1) is 7.11 Å². The van der Waals surface area contributed by atoms with E-state index in [9.17, 15) is 9.90 Å². The molecule has 0 aliphatic heterocycles. The van der Waals surface area contributed by atoms with Crippen LogP contribution in [0, 0.1) is 5.92 Å². The Labute approximate surface area is 122 Å². The molecule has 0 aliphatic rings. The molecule has 0 saturated heterocycles. The van der Waals surface area contributed by atoms with Gasteiger partial charge in [-0.3, -0.25) is 4.79 Å². The number of methoxy groups -OCH3 is 1. The fraction of sp³-hybridized carbons (Fsp3) is 0.500. The zero-order chi connectivity index (χ0) is 14.3. The second-order valence-electron chi connectivity index (χ2n) is 4.37. The molecule has 1 atom stereocenters. The quantitative estimate of drug-likeness (QED) is 0.805. The van der Waals surface area contributed by atoms with Gasteiger partial charge in [0.2, 0.25) is 5.91 Å². The number of aliphatic hydroxyl groups is 1. The minimum Gasteiger partial charge on any atom is -0.496 e. The molecule has 0 heterocycles. The minimum atomic E-state index is -0.0151. The molecular formula is C14H20BrNO3. The van der Waals surface area contributed by atoms with Crippen LogP contribution in [0.25, 0.3) is 0 Å². The average molecular weight is 330 g/mol. The monoisotopic (exact) mass is 329 g/mol. The van der Waals surface area contributed by atoms with Crippen LogP contribution in [0.5, 0.6) is 5.75 Å². The first kappa shape index (κ1) is 16.0. The lowest BCUT2D eigenvalue weighted by atomic mass is 9.99. The number of halogens is 1. The number of benzene rings is 1. The highest BCUT2D eigenvalue weighted by Gasteiger charge is 2.13. The molecule has 1 aromatic carbocycles. The van der Waals surface area contributed by atoms with Gasteiger partial charge >= 0.3 is 0 Å². The maximum Gasteiger partial charge on any atom is 0.219 e. The zero-order valence-electron chi connectivity index (χ0n) is 11.3. The zero-order valence-corrected chi connectivity index (χ0v) is 12.9. The van der Waals surface area contributed by atoms with E-state index in [0.717, 1.165) is 15.8 Å². The summed E-state index contributed by atoms with van der Waals surface area (Å²) in [5.41, 5.74) is 1.02. The van der Waals surface area contributed by atoms with Gasteiger partial charge in [-0.15, -0.1) is 0 Å². The molecule has 0 aromatic heterocycles. The summed E-state index contributed by atoms with van der Waals surface area (Å²) in [6.45, 7) is 2.30. The van der Waals surface area contributed by atoms with Gasteiger partial charge in [-0.25, -0.2) is 0 Å². The maximum absolute atomic E-state index is 11.2. The van der Waals surface area contributed by atoms with Crippen molar-refractivity contribution in [2.75, 3.05) is 20.3 Å². The first-order chi connectivity index (χ1) is 9.10. The predicted molar refractivity (Wildman–Crippen MR) is 78.3 cm³/mol. The number of hydrogen-bond donors (Lipinski definition) is 2. The Hall–Kier alpha value is -1.07. The fourth-order valence-corrected chi connectivity index (χ4v) is 2.21. The highest BCUT2D eigenvalue weighted by atomic mass is 79.9. The van der Waals surface area contributed by atoms with Crippen molar-refractivity contribution in [1.29, 1.82) is 0 Å². The summed E-state index contributed by atoms with van der Waals surface area (Å²) >= 11 is 3.42. The van der Waals surface area contributed by atoms with Crippen LogP contribution in [0.4, 0.5) is 0 Å². The summed E-state index contributed by atoms with van der Waals surface area (Å²) in [7, 11) is 1.62. The molecule has 4 nitrogen and oxygen atoms in total. The molecule has 5 heteroatoms. The highest BCUT2D eigenvalue weighted by molar-refractivity contribution is 9.10. The van der Waals surface area contributed by atoms with E-state index in [4.69, 9.17) is 4.74 Å². The summed E-state index contributed by atoms with van der Waals surface area (Å²) in [5.74, 6) is 0.779. The molecule has 0 fully saturated rings. The Morgan fingerprint density at radius 2 is 2.26 bits per heavy atom. The fourth-order valence-electron chi connectivity index (χ4n) is 1.80. The molecule has 19 heavy (non-hydrogen) atoms. The minimum absolute atomic E-state index is 0.000317. The van der Waals surface area contributed by atoms with Crippen molar-refractivity contribution >= 4 is 21.8 Å². The van der Waals surface area contributed by atoms with E-state index in [-0.39, 0.29) is 18.4 Å².